The maximum Gasteiger partial charge on any atom is 0.269 e. The number of halogens is 1. The molecule has 0 unspecified atom stereocenters. The summed E-state index contributed by atoms with van der Waals surface area (Å²) in [4.78, 5) is 24.2. The number of nitrogens with one attached hydrogen (secondary N) is 3. The van der Waals surface area contributed by atoms with E-state index >= 15 is 0 Å². The topological polar surface area (TPSA) is 139 Å². The maximum absolute atomic E-state index is 13.0. The van der Waals surface area contributed by atoms with Gasteiger partial charge in [0.2, 0.25) is 5.91 Å². The molecule has 3 rings (SSSR count). The zero-order chi connectivity index (χ0) is 22.2. The van der Waals surface area contributed by atoms with Crippen LogP contribution in [0.5, 0.6) is 0 Å². The van der Waals surface area contributed by atoms with E-state index in [1.54, 1.807) is 18.2 Å². The highest BCUT2D eigenvalue weighted by atomic mass is 19.1. The van der Waals surface area contributed by atoms with Crippen molar-refractivity contribution in [1.29, 1.82) is 0 Å². The molecule has 3 aromatic rings. The van der Waals surface area contributed by atoms with Crippen LogP contribution in [0.3, 0.4) is 0 Å². The fraction of sp³-hybridized carbons (Fsp3) is 0.227. The lowest BCUT2D eigenvalue weighted by molar-refractivity contribution is -0.116. The highest BCUT2D eigenvalue weighted by Crippen LogP contribution is 2.20. The van der Waals surface area contributed by atoms with Crippen molar-refractivity contribution in [3.05, 3.63) is 60.0 Å². The molecular weight excluding hydrogens is 399 g/mol. The molecule has 7 N–H and O–H groups in total. The van der Waals surface area contributed by atoms with Crippen molar-refractivity contribution in [3.63, 3.8) is 0 Å². The van der Waals surface area contributed by atoms with Crippen LogP contribution in [0.25, 0.3) is 11.3 Å². The third-order valence-electron chi connectivity index (χ3n) is 4.66. The molecule has 162 valence electrons. The zero-order valence-electron chi connectivity index (χ0n) is 17.0. The number of carbonyl (C=O) groups is 2. The number of aromatic nitrogens is 2. The van der Waals surface area contributed by atoms with Crippen LogP contribution >= 0.6 is 0 Å². The molecule has 0 saturated heterocycles. The Kier molecular flexibility index (Phi) is 7.21. The van der Waals surface area contributed by atoms with Gasteiger partial charge in [-0.05, 0) is 49.2 Å². The number of amides is 2. The molecule has 0 spiro atoms. The van der Waals surface area contributed by atoms with Crippen molar-refractivity contribution in [2.45, 2.75) is 25.7 Å². The van der Waals surface area contributed by atoms with Gasteiger partial charge in [0.05, 0.1) is 17.1 Å². The minimum atomic E-state index is -0.450. The number of H-pyrrole nitrogens is 1. The molecule has 0 bridgehead atoms. The molecule has 2 aromatic carbocycles. The van der Waals surface area contributed by atoms with E-state index in [9.17, 15) is 14.0 Å². The first-order chi connectivity index (χ1) is 14.9. The third-order valence-corrected chi connectivity index (χ3v) is 4.66. The highest BCUT2D eigenvalue weighted by molar-refractivity contribution is 5.94. The number of carbonyl (C=O) groups excluding carboxylic acids is 2. The molecule has 0 saturated carbocycles. The second-order valence-corrected chi connectivity index (χ2v) is 7.14. The van der Waals surface area contributed by atoms with Crippen LogP contribution in [0.15, 0.2) is 48.5 Å². The minimum Gasteiger partial charge on any atom is -0.399 e. The molecule has 0 aliphatic carbocycles. The van der Waals surface area contributed by atoms with Crippen molar-refractivity contribution >= 4 is 28.9 Å². The van der Waals surface area contributed by atoms with Crippen LogP contribution in [0, 0.1) is 5.82 Å². The van der Waals surface area contributed by atoms with Crippen LogP contribution in [0.2, 0.25) is 0 Å². The first kappa shape index (κ1) is 21.8. The number of anilines is 3. The maximum atomic E-state index is 13.0. The largest absolute Gasteiger partial charge is 0.399 e. The van der Waals surface area contributed by atoms with Gasteiger partial charge in [-0.2, -0.15) is 5.10 Å². The predicted molar refractivity (Wildman–Crippen MR) is 119 cm³/mol. The Bertz CT molecular complexity index is 1070. The molecule has 0 fully saturated rings. The Morgan fingerprint density at radius 3 is 2.65 bits per heavy atom. The number of nitrogen functional groups attached to an aromatic ring is 2. The van der Waals surface area contributed by atoms with E-state index in [4.69, 9.17) is 11.5 Å². The Morgan fingerprint density at radius 2 is 1.87 bits per heavy atom. The van der Waals surface area contributed by atoms with Gasteiger partial charge in [0.25, 0.3) is 5.91 Å². The van der Waals surface area contributed by atoms with E-state index in [-0.39, 0.29) is 17.5 Å². The fourth-order valence-corrected chi connectivity index (χ4v) is 3.03. The van der Waals surface area contributed by atoms with E-state index in [0.29, 0.717) is 42.1 Å². The first-order valence-corrected chi connectivity index (χ1v) is 9.97. The van der Waals surface area contributed by atoms with Gasteiger partial charge >= 0.3 is 0 Å². The monoisotopic (exact) mass is 424 g/mol. The average molecular weight is 424 g/mol. The molecule has 2 amide bonds. The highest BCUT2D eigenvalue weighted by Gasteiger charge is 2.11. The summed E-state index contributed by atoms with van der Waals surface area (Å²) in [6.07, 6.45) is 2.47. The minimum absolute atomic E-state index is 0.186. The van der Waals surface area contributed by atoms with E-state index in [0.717, 1.165) is 24.5 Å². The number of hydrogen-bond donors (Lipinski definition) is 5. The lowest BCUT2D eigenvalue weighted by Crippen LogP contribution is -2.24. The molecule has 1 heterocycles. The summed E-state index contributed by atoms with van der Waals surface area (Å²) in [5.41, 5.74) is 14.5. The Morgan fingerprint density at radius 1 is 1.03 bits per heavy atom. The number of nitrogens with zero attached hydrogens (tertiary/aromatic N) is 1. The van der Waals surface area contributed by atoms with Crippen LogP contribution in [0.1, 0.15) is 36.2 Å². The van der Waals surface area contributed by atoms with Crippen molar-refractivity contribution in [2.75, 3.05) is 23.3 Å². The van der Waals surface area contributed by atoms with E-state index in [2.05, 4.69) is 20.8 Å². The van der Waals surface area contributed by atoms with Crippen LogP contribution in [-0.4, -0.2) is 28.6 Å². The van der Waals surface area contributed by atoms with Crippen molar-refractivity contribution in [3.8, 4) is 11.3 Å². The van der Waals surface area contributed by atoms with Gasteiger partial charge in [0.15, 0.2) is 0 Å². The van der Waals surface area contributed by atoms with Crippen molar-refractivity contribution < 1.29 is 14.0 Å². The summed E-state index contributed by atoms with van der Waals surface area (Å²) in [5, 5.41) is 12.4. The number of rotatable bonds is 9. The number of benzene rings is 2. The molecule has 9 heteroatoms. The van der Waals surface area contributed by atoms with Gasteiger partial charge in [-0.1, -0.05) is 18.6 Å². The second kappa shape index (κ2) is 10.2. The number of unbranched alkanes of at least 4 members (excludes halogenated alkanes) is 2. The lowest BCUT2D eigenvalue weighted by Gasteiger charge is -2.08. The molecule has 0 radical (unpaired) electrons. The van der Waals surface area contributed by atoms with Crippen LogP contribution < -0.4 is 22.1 Å². The molecule has 0 atom stereocenters. The Hall–Kier alpha value is -3.88. The van der Waals surface area contributed by atoms with Gasteiger partial charge < -0.3 is 22.1 Å². The first-order valence-electron chi connectivity index (χ1n) is 9.97. The second-order valence-electron chi connectivity index (χ2n) is 7.14. The summed E-state index contributed by atoms with van der Waals surface area (Å²) in [5.74, 6) is -0.880. The third kappa shape index (κ3) is 6.30. The Balaban J connectivity index is 1.34. The molecule has 31 heavy (non-hydrogen) atoms. The fourth-order valence-electron chi connectivity index (χ4n) is 3.03. The van der Waals surface area contributed by atoms with Gasteiger partial charge in [-0.15, -0.1) is 0 Å². The SMILES string of the molecule is Nc1cccc(-c2cc(C(=O)NCCCCCC(=O)Nc3ccc(F)cc3N)[nH]n2)c1. The van der Waals surface area contributed by atoms with Crippen LogP contribution in [-0.2, 0) is 4.79 Å². The van der Waals surface area contributed by atoms with E-state index in [1.807, 2.05) is 12.1 Å². The quantitative estimate of drug-likeness (QED) is 0.265. The summed E-state index contributed by atoms with van der Waals surface area (Å²) < 4.78 is 13.0. The molecular formula is C22H25FN6O2. The van der Waals surface area contributed by atoms with Gasteiger partial charge in [0.1, 0.15) is 11.5 Å². The number of aromatic amines is 1. The smallest absolute Gasteiger partial charge is 0.269 e. The van der Waals surface area contributed by atoms with Gasteiger partial charge in [-0.25, -0.2) is 4.39 Å². The van der Waals surface area contributed by atoms with Crippen molar-refractivity contribution in [2.24, 2.45) is 0 Å². The van der Waals surface area contributed by atoms with Crippen LogP contribution in [0.4, 0.5) is 21.5 Å². The number of hydrogen-bond acceptors (Lipinski definition) is 5. The predicted octanol–water partition coefficient (Wildman–Crippen LogP) is 3.31. The normalized spacial score (nSPS) is 10.6. The molecule has 0 aliphatic rings. The summed E-state index contributed by atoms with van der Waals surface area (Å²) >= 11 is 0. The molecule has 1 aromatic heterocycles. The summed E-state index contributed by atoms with van der Waals surface area (Å²) in [6, 6.07) is 12.8. The van der Waals surface area contributed by atoms with E-state index < -0.39 is 5.82 Å². The standard InChI is InChI=1S/C22H25FN6O2/c23-15-8-9-18(17(25)12-15)27-21(30)7-2-1-3-10-26-22(31)20-13-19(28-29-20)14-5-4-6-16(24)11-14/h4-6,8-9,11-13H,1-3,7,10,24-25H2,(H,26,31)(H,27,30)(H,28,29). The average Bonchev–Trinajstić information content (AvgIpc) is 3.23. The lowest BCUT2D eigenvalue weighted by atomic mass is 10.1. The van der Waals surface area contributed by atoms with Gasteiger partial charge in [-0.3, -0.25) is 14.7 Å². The molecule has 8 nitrogen and oxygen atoms in total. The zero-order valence-corrected chi connectivity index (χ0v) is 17.0. The summed E-state index contributed by atoms with van der Waals surface area (Å²) in [6.45, 7) is 0.484. The van der Waals surface area contributed by atoms with Gasteiger partial charge in [0, 0.05) is 24.2 Å². The number of nitrogens with two attached hydrogens (primary N) is 2. The van der Waals surface area contributed by atoms with E-state index in [1.165, 1.54) is 12.1 Å². The Labute approximate surface area is 179 Å². The van der Waals surface area contributed by atoms with Crippen molar-refractivity contribution in [1.82, 2.24) is 15.5 Å². The summed E-state index contributed by atoms with van der Waals surface area (Å²) in [7, 11) is 0. The molecule has 0 aliphatic heterocycles.